The van der Waals surface area contributed by atoms with Crippen molar-refractivity contribution in [2.24, 2.45) is 7.05 Å². The fraction of sp³-hybridized carbons (Fsp3) is 0.250. The van der Waals surface area contributed by atoms with Crippen molar-refractivity contribution in [3.63, 3.8) is 0 Å². The minimum absolute atomic E-state index is 0. The Labute approximate surface area is 66.0 Å². The molecule has 0 radical (unpaired) electrons. The highest BCUT2D eigenvalue weighted by atomic mass is 35.5. The van der Waals surface area contributed by atoms with E-state index in [9.17, 15) is 0 Å². The number of halogens is 2. The predicted octanol–water partition coefficient (Wildman–Crippen LogP) is 0.846. The van der Waals surface area contributed by atoms with Crippen molar-refractivity contribution in [3.8, 4) is 0 Å². The molecule has 1 rings (SSSR count). The Hall–Kier alpha value is -0.410. The van der Waals surface area contributed by atoms with E-state index < -0.39 is 0 Å². The fourth-order valence-corrected chi connectivity index (χ4v) is 0.384. The molecular formula is C4H9Cl2N3. The second-order valence-corrected chi connectivity index (χ2v) is 1.38. The van der Waals surface area contributed by atoms with Crippen LogP contribution < -0.4 is 5.73 Å². The van der Waals surface area contributed by atoms with Gasteiger partial charge in [-0.05, 0) is 6.07 Å². The fourth-order valence-electron chi connectivity index (χ4n) is 0.384. The first kappa shape index (κ1) is 11.4. The van der Waals surface area contributed by atoms with E-state index in [4.69, 9.17) is 5.73 Å². The van der Waals surface area contributed by atoms with Gasteiger partial charge in [0.1, 0.15) is 5.82 Å². The molecule has 0 aliphatic heterocycles. The summed E-state index contributed by atoms with van der Waals surface area (Å²) < 4.78 is 1.61. The topological polar surface area (TPSA) is 43.8 Å². The number of hydrogen-bond acceptors (Lipinski definition) is 2. The van der Waals surface area contributed by atoms with Crippen LogP contribution in [0.15, 0.2) is 12.3 Å². The van der Waals surface area contributed by atoms with Crippen molar-refractivity contribution in [3.05, 3.63) is 12.3 Å². The Kier molecular flexibility index (Phi) is 5.66. The van der Waals surface area contributed by atoms with Crippen LogP contribution in [0.5, 0.6) is 0 Å². The molecule has 0 amide bonds. The van der Waals surface area contributed by atoms with E-state index in [2.05, 4.69) is 5.10 Å². The Morgan fingerprint density at radius 1 is 1.56 bits per heavy atom. The molecule has 0 aliphatic rings. The zero-order valence-electron chi connectivity index (χ0n) is 4.94. The molecule has 0 saturated carbocycles. The van der Waals surface area contributed by atoms with Crippen LogP contribution in [0.1, 0.15) is 0 Å². The average Bonchev–Trinajstić information content (AvgIpc) is 1.91. The lowest BCUT2D eigenvalue weighted by Gasteiger charge is -1.87. The molecule has 0 saturated heterocycles. The van der Waals surface area contributed by atoms with Crippen LogP contribution in [0.4, 0.5) is 5.82 Å². The van der Waals surface area contributed by atoms with Gasteiger partial charge in [-0.3, -0.25) is 4.68 Å². The maximum Gasteiger partial charge on any atom is 0.121 e. The summed E-state index contributed by atoms with van der Waals surface area (Å²) in [6, 6.07) is 1.75. The van der Waals surface area contributed by atoms with Crippen molar-refractivity contribution in [2.45, 2.75) is 0 Å². The third kappa shape index (κ3) is 2.58. The van der Waals surface area contributed by atoms with E-state index in [0.29, 0.717) is 5.82 Å². The summed E-state index contributed by atoms with van der Waals surface area (Å²) >= 11 is 0. The van der Waals surface area contributed by atoms with Gasteiger partial charge in [0.05, 0.1) is 6.20 Å². The van der Waals surface area contributed by atoms with Crippen LogP contribution >= 0.6 is 24.8 Å². The van der Waals surface area contributed by atoms with Crippen molar-refractivity contribution >= 4 is 30.6 Å². The standard InChI is InChI=1S/C4H7N3.2ClH/c1-7-4(5)2-3-6-7;;/h2-3H,5H2,1H3;2*1H. The molecular weight excluding hydrogens is 161 g/mol. The number of anilines is 1. The number of aromatic nitrogens is 2. The molecule has 0 fully saturated rings. The lowest BCUT2D eigenvalue weighted by atomic mass is 10.7. The normalized spacial score (nSPS) is 7.22. The summed E-state index contributed by atoms with van der Waals surface area (Å²) in [5.74, 6) is 0.694. The molecule has 9 heavy (non-hydrogen) atoms. The minimum Gasteiger partial charge on any atom is -0.384 e. The molecule has 1 heterocycles. The molecule has 0 spiro atoms. The van der Waals surface area contributed by atoms with Crippen molar-refractivity contribution < 1.29 is 0 Å². The number of aryl methyl sites for hydroxylation is 1. The van der Waals surface area contributed by atoms with Crippen LogP contribution in [0.2, 0.25) is 0 Å². The first-order valence-corrected chi connectivity index (χ1v) is 2.04. The Morgan fingerprint density at radius 2 is 2.11 bits per heavy atom. The van der Waals surface area contributed by atoms with Crippen LogP contribution in [0.3, 0.4) is 0 Å². The summed E-state index contributed by atoms with van der Waals surface area (Å²) in [5.41, 5.74) is 5.34. The Morgan fingerprint density at radius 3 is 2.22 bits per heavy atom. The summed E-state index contributed by atoms with van der Waals surface area (Å²) in [7, 11) is 1.80. The molecule has 0 atom stereocenters. The highest BCUT2D eigenvalue weighted by molar-refractivity contribution is 5.85. The molecule has 1 aromatic rings. The first-order chi connectivity index (χ1) is 3.30. The van der Waals surface area contributed by atoms with Gasteiger partial charge in [0.2, 0.25) is 0 Å². The zero-order valence-corrected chi connectivity index (χ0v) is 6.58. The van der Waals surface area contributed by atoms with Gasteiger partial charge in [-0.2, -0.15) is 5.10 Å². The second-order valence-electron chi connectivity index (χ2n) is 1.38. The van der Waals surface area contributed by atoms with E-state index in [-0.39, 0.29) is 24.8 Å². The highest BCUT2D eigenvalue weighted by Crippen LogP contribution is 1.92. The predicted molar refractivity (Wildman–Crippen MR) is 42.1 cm³/mol. The summed E-state index contributed by atoms with van der Waals surface area (Å²) in [5, 5.41) is 3.81. The van der Waals surface area contributed by atoms with Gasteiger partial charge in [0, 0.05) is 7.05 Å². The van der Waals surface area contributed by atoms with Gasteiger partial charge in [0.25, 0.3) is 0 Å². The quantitative estimate of drug-likeness (QED) is 0.627. The average molecular weight is 170 g/mol. The number of nitrogens with zero attached hydrogens (tertiary/aromatic N) is 2. The van der Waals surface area contributed by atoms with Gasteiger partial charge in [-0.15, -0.1) is 24.8 Å². The first-order valence-electron chi connectivity index (χ1n) is 2.04. The molecule has 0 aromatic carbocycles. The van der Waals surface area contributed by atoms with Crippen LogP contribution in [0, 0.1) is 0 Å². The second kappa shape index (κ2) is 4.47. The van der Waals surface area contributed by atoms with Crippen LogP contribution in [-0.2, 0) is 7.05 Å². The third-order valence-electron chi connectivity index (χ3n) is 0.859. The van der Waals surface area contributed by atoms with Gasteiger partial charge in [-0.25, -0.2) is 0 Å². The van der Waals surface area contributed by atoms with E-state index in [1.165, 1.54) is 0 Å². The number of rotatable bonds is 0. The number of nitrogens with two attached hydrogens (primary N) is 1. The Balaban J connectivity index is 0. The van der Waals surface area contributed by atoms with E-state index >= 15 is 0 Å². The lowest BCUT2D eigenvalue weighted by Crippen LogP contribution is -1.95. The van der Waals surface area contributed by atoms with Gasteiger partial charge in [0.15, 0.2) is 0 Å². The Bertz CT molecular complexity index is 146. The third-order valence-corrected chi connectivity index (χ3v) is 0.859. The molecule has 1 aromatic heterocycles. The van der Waals surface area contributed by atoms with E-state index in [1.54, 1.807) is 24.0 Å². The van der Waals surface area contributed by atoms with Crippen LogP contribution in [-0.4, -0.2) is 9.78 Å². The smallest absolute Gasteiger partial charge is 0.121 e. The summed E-state index contributed by atoms with van der Waals surface area (Å²) in [4.78, 5) is 0. The summed E-state index contributed by atoms with van der Waals surface area (Å²) in [6.45, 7) is 0. The number of nitrogen functional groups attached to an aromatic ring is 1. The lowest BCUT2D eigenvalue weighted by molar-refractivity contribution is 0.779. The van der Waals surface area contributed by atoms with Crippen LogP contribution in [0.25, 0.3) is 0 Å². The molecule has 54 valence electrons. The molecule has 2 N–H and O–H groups in total. The summed E-state index contributed by atoms with van der Waals surface area (Å²) in [6.07, 6.45) is 1.66. The molecule has 3 nitrogen and oxygen atoms in total. The van der Waals surface area contributed by atoms with E-state index in [0.717, 1.165) is 0 Å². The highest BCUT2D eigenvalue weighted by Gasteiger charge is 1.84. The molecule has 0 aliphatic carbocycles. The maximum atomic E-state index is 5.34. The molecule has 0 unspecified atom stereocenters. The van der Waals surface area contributed by atoms with Gasteiger partial charge >= 0.3 is 0 Å². The monoisotopic (exact) mass is 169 g/mol. The van der Waals surface area contributed by atoms with Crippen molar-refractivity contribution in [1.29, 1.82) is 0 Å². The molecule has 0 bridgehead atoms. The van der Waals surface area contributed by atoms with Crippen molar-refractivity contribution in [2.75, 3.05) is 5.73 Å². The number of hydrogen-bond donors (Lipinski definition) is 1. The van der Waals surface area contributed by atoms with Gasteiger partial charge in [-0.1, -0.05) is 0 Å². The van der Waals surface area contributed by atoms with E-state index in [1.807, 2.05) is 0 Å². The van der Waals surface area contributed by atoms with Gasteiger partial charge < -0.3 is 5.73 Å². The maximum absolute atomic E-state index is 5.34. The van der Waals surface area contributed by atoms with Crippen molar-refractivity contribution in [1.82, 2.24) is 9.78 Å². The largest absolute Gasteiger partial charge is 0.384 e. The minimum atomic E-state index is 0. The zero-order chi connectivity index (χ0) is 5.28. The molecule has 5 heteroatoms. The SMILES string of the molecule is Cl.Cl.Cn1nccc1N.